The highest BCUT2D eigenvalue weighted by molar-refractivity contribution is 7.03. The van der Waals surface area contributed by atoms with E-state index in [1.807, 2.05) is 0 Å². The van der Waals surface area contributed by atoms with Gasteiger partial charge in [-0.1, -0.05) is 183 Å². The zero-order chi connectivity index (χ0) is 37.4. The maximum absolute atomic E-state index is 2.50. The number of benzene rings is 9. The van der Waals surface area contributed by atoms with Crippen LogP contribution in [0, 0.1) is 0 Å². The van der Waals surface area contributed by atoms with Crippen LogP contribution < -0.4 is 10.4 Å². The fraction of sp³-hybridized carbons (Fsp3) is 0.0370. The van der Waals surface area contributed by atoms with E-state index in [0.29, 0.717) is 0 Å². The number of hydrogen-bond acceptors (Lipinski definition) is 0. The minimum absolute atomic E-state index is 1.21. The molecular weight excluding hydrogens is 691 g/mol. The third kappa shape index (κ3) is 5.14. The van der Waals surface area contributed by atoms with Crippen LogP contribution in [0.5, 0.6) is 0 Å². The molecule has 56 heavy (non-hydrogen) atoms. The fourth-order valence-electron chi connectivity index (χ4n) is 9.32. The summed E-state index contributed by atoms with van der Waals surface area (Å²) in [5.74, 6) is 0. The molecule has 0 saturated carbocycles. The zero-order valence-electron chi connectivity index (χ0n) is 31.5. The molecule has 0 bridgehead atoms. The highest BCUT2D eigenvalue weighted by Crippen LogP contribution is 2.39. The maximum atomic E-state index is 2.50. The van der Waals surface area contributed by atoms with Crippen LogP contribution in [0.3, 0.4) is 0 Å². The average molecular weight is 730 g/mol. The van der Waals surface area contributed by atoms with Crippen molar-refractivity contribution >= 4 is 50.9 Å². The molecule has 1 nitrogen and oxygen atoms in total. The molecule has 0 aliphatic carbocycles. The van der Waals surface area contributed by atoms with Crippen LogP contribution in [0.2, 0.25) is 13.1 Å². The monoisotopic (exact) mass is 729 g/mol. The Hall–Kier alpha value is -6.74. The Labute approximate surface area is 328 Å². The molecule has 0 unspecified atom stereocenters. The van der Waals surface area contributed by atoms with E-state index < -0.39 is 8.07 Å². The second-order valence-electron chi connectivity index (χ2n) is 15.8. The Balaban J connectivity index is 1.04. The molecule has 2 heteroatoms. The molecule has 264 valence electrons. The van der Waals surface area contributed by atoms with Crippen LogP contribution in [-0.4, -0.2) is 12.6 Å². The first-order chi connectivity index (χ1) is 27.5. The van der Waals surface area contributed by atoms with E-state index in [4.69, 9.17) is 0 Å². The highest BCUT2D eigenvalue weighted by atomic mass is 28.3. The summed E-state index contributed by atoms with van der Waals surface area (Å²) in [6.07, 6.45) is 2.36. The van der Waals surface area contributed by atoms with Gasteiger partial charge in [0, 0.05) is 22.8 Å². The van der Waals surface area contributed by atoms with Crippen molar-refractivity contribution in [2.24, 2.45) is 0 Å². The molecule has 1 aliphatic heterocycles. The first-order valence-electron chi connectivity index (χ1n) is 19.6. The Morgan fingerprint density at radius 3 is 1.50 bits per heavy atom. The molecule has 0 spiro atoms. The SMILES string of the molecule is C[Si]1(C)c2ccccc2-c2ccc(-n3cc(-c4ccc(-c5cccc6ccccc56)cc4)c4cc(-c5ccc(-c6cccc7ccccc67)cc5)ccc43)cc21. The zero-order valence-corrected chi connectivity index (χ0v) is 32.5. The lowest BCUT2D eigenvalue weighted by molar-refractivity contribution is 1.13. The molecule has 0 fully saturated rings. The van der Waals surface area contributed by atoms with Gasteiger partial charge in [-0.05, 0) is 106 Å². The van der Waals surface area contributed by atoms with Gasteiger partial charge in [0.1, 0.15) is 8.07 Å². The van der Waals surface area contributed by atoms with Crippen molar-refractivity contribution in [1.29, 1.82) is 0 Å². The van der Waals surface area contributed by atoms with E-state index in [0.717, 1.165) is 0 Å². The predicted octanol–water partition coefficient (Wildman–Crippen LogP) is 13.4. The summed E-state index contributed by atoms with van der Waals surface area (Å²) in [6, 6.07) is 71.9. The van der Waals surface area contributed by atoms with E-state index in [1.54, 1.807) is 0 Å². The molecule has 0 radical (unpaired) electrons. The Morgan fingerprint density at radius 1 is 0.339 bits per heavy atom. The molecule has 1 aromatic heterocycles. The topological polar surface area (TPSA) is 4.93 Å². The van der Waals surface area contributed by atoms with Gasteiger partial charge in [-0.3, -0.25) is 0 Å². The van der Waals surface area contributed by atoms with Crippen molar-refractivity contribution in [2.75, 3.05) is 0 Å². The van der Waals surface area contributed by atoms with Crippen LogP contribution in [0.4, 0.5) is 0 Å². The molecule has 0 N–H and O–H groups in total. The van der Waals surface area contributed by atoms with Crippen molar-refractivity contribution in [2.45, 2.75) is 13.1 Å². The van der Waals surface area contributed by atoms with E-state index >= 15 is 0 Å². The van der Waals surface area contributed by atoms with Gasteiger partial charge < -0.3 is 4.57 Å². The van der Waals surface area contributed by atoms with Crippen LogP contribution in [0.25, 0.3) is 93.8 Å². The Kier molecular flexibility index (Phi) is 7.39. The highest BCUT2D eigenvalue weighted by Gasteiger charge is 2.37. The molecule has 0 amide bonds. The molecular formula is C54H39NSi. The van der Waals surface area contributed by atoms with Crippen molar-refractivity contribution in [3.05, 3.63) is 200 Å². The molecule has 11 rings (SSSR count). The summed E-state index contributed by atoms with van der Waals surface area (Å²) in [5, 5.41) is 9.39. The fourth-order valence-corrected chi connectivity index (χ4v) is 12.4. The molecule has 2 heterocycles. The van der Waals surface area contributed by atoms with E-state index in [9.17, 15) is 0 Å². The van der Waals surface area contributed by atoms with Crippen molar-refractivity contribution in [3.8, 4) is 61.3 Å². The van der Waals surface area contributed by atoms with Crippen molar-refractivity contribution in [1.82, 2.24) is 4.57 Å². The van der Waals surface area contributed by atoms with Gasteiger partial charge in [0.05, 0.1) is 5.52 Å². The van der Waals surface area contributed by atoms with E-state index in [1.165, 1.54) is 104 Å². The van der Waals surface area contributed by atoms with Gasteiger partial charge in [-0.2, -0.15) is 0 Å². The molecule has 1 aliphatic rings. The van der Waals surface area contributed by atoms with Crippen LogP contribution in [0.1, 0.15) is 0 Å². The second-order valence-corrected chi connectivity index (χ2v) is 20.1. The predicted molar refractivity (Wildman–Crippen MR) is 242 cm³/mol. The lowest BCUT2D eigenvalue weighted by atomic mass is 9.94. The molecule has 0 atom stereocenters. The smallest absolute Gasteiger partial charge is 0.113 e. The maximum Gasteiger partial charge on any atom is 0.113 e. The summed E-state index contributed by atoms with van der Waals surface area (Å²) in [4.78, 5) is 0. The summed E-state index contributed by atoms with van der Waals surface area (Å²) in [7, 11) is -1.84. The third-order valence-corrected chi connectivity index (χ3v) is 15.8. The number of nitrogens with zero attached hydrogens (tertiary/aromatic N) is 1. The van der Waals surface area contributed by atoms with E-state index in [2.05, 4.69) is 218 Å². The average Bonchev–Trinajstić information content (AvgIpc) is 3.75. The lowest BCUT2D eigenvalue weighted by Gasteiger charge is -2.19. The largest absolute Gasteiger partial charge is 0.316 e. The number of aromatic nitrogens is 1. The molecule has 10 aromatic rings. The van der Waals surface area contributed by atoms with Gasteiger partial charge in [0.25, 0.3) is 0 Å². The first-order valence-corrected chi connectivity index (χ1v) is 22.6. The lowest BCUT2D eigenvalue weighted by Crippen LogP contribution is -2.49. The Bertz CT molecular complexity index is 3140. The Morgan fingerprint density at radius 2 is 0.839 bits per heavy atom. The summed E-state index contributed by atoms with van der Waals surface area (Å²) in [5.41, 5.74) is 15.1. The third-order valence-electron chi connectivity index (χ3n) is 12.3. The minimum Gasteiger partial charge on any atom is -0.316 e. The van der Waals surface area contributed by atoms with Gasteiger partial charge >= 0.3 is 0 Å². The van der Waals surface area contributed by atoms with Crippen molar-refractivity contribution < 1.29 is 0 Å². The minimum atomic E-state index is -1.84. The standard InChI is InChI=1S/C54H39NSi/c1-56(2)53-20-8-7-17-48(53)49-31-30-43(34-54(49)56)55-35-51(41-27-25-40(26-28-41)47-19-10-14-38-12-4-6-16-45(38)47)50-33-42(29-32-52(50)55)36-21-23-39(24-22-36)46-18-9-13-37-11-3-5-15-44(37)46/h3-35H,1-2H3. The second kappa shape index (κ2) is 12.7. The van der Waals surface area contributed by atoms with Crippen LogP contribution >= 0.6 is 0 Å². The van der Waals surface area contributed by atoms with Gasteiger partial charge in [0.2, 0.25) is 0 Å². The van der Waals surface area contributed by atoms with Crippen molar-refractivity contribution in [3.63, 3.8) is 0 Å². The van der Waals surface area contributed by atoms with E-state index in [-0.39, 0.29) is 0 Å². The van der Waals surface area contributed by atoms with Crippen LogP contribution in [-0.2, 0) is 0 Å². The summed E-state index contributed by atoms with van der Waals surface area (Å²) >= 11 is 0. The molecule has 0 saturated heterocycles. The normalized spacial score (nSPS) is 13.0. The number of rotatable bonds is 5. The number of fused-ring (bicyclic) bond motifs is 6. The van der Waals surface area contributed by atoms with Gasteiger partial charge in [0.15, 0.2) is 0 Å². The van der Waals surface area contributed by atoms with Gasteiger partial charge in [-0.25, -0.2) is 0 Å². The number of hydrogen-bond donors (Lipinski definition) is 0. The first kappa shape index (κ1) is 32.7. The van der Waals surface area contributed by atoms with Crippen LogP contribution in [0.15, 0.2) is 200 Å². The van der Waals surface area contributed by atoms with Gasteiger partial charge in [-0.15, -0.1) is 0 Å². The molecule has 9 aromatic carbocycles. The quantitative estimate of drug-likeness (QED) is 0.155. The summed E-state index contributed by atoms with van der Waals surface area (Å²) < 4.78 is 2.42. The summed E-state index contributed by atoms with van der Waals surface area (Å²) in [6.45, 7) is 4.99.